The fourth-order valence-electron chi connectivity index (χ4n) is 5.17. The van der Waals surface area contributed by atoms with E-state index in [4.69, 9.17) is 32.7 Å². The Kier molecular flexibility index (Phi) is 5.98. The van der Waals surface area contributed by atoms with E-state index in [0.29, 0.717) is 29.7 Å². The molecule has 3 saturated carbocycles. The van der Waals surface area contributed by atoms with E-state index in [1.807, 2.05) is 18.0 Å². The molecule has 10 heteroatoms. The molecule has 1 heterocycles. The smallest absolute Gasteiger partial charge is 0.263 e. The second-order valence-electron chi connectivity index (χ2n) is 9.28. The van der Waals surface area contributed by atoms with Crippen molar-refractivity contribution in [3.63, 3.8) is 0 Å². The molecule has 7 nitrogen and oxygen atoms in total. The maximum Gasteiger partial charge on any atom is 0.263 e. The Morgan fingerprint density at radius 3 is 2.76 bits per heavy atom. The summed E-state index contributed by atoms with van der Waals surface area (Å²) >= 11 is 11.7. The SMILES string of the molecule is CN1C[C@@H](C(=O)NC23CC(C2)C(NC(=O)COc2ccc(Cl)c(F)c2)C3)Oc2ccc(Cl)cc21. The topological polar surface area (TPSA) is 79.9 Å². The molecule has 2 bridgehead atoms. The largest absolute Gasteiger partial charge is 0.484 e. The van der Waals surface area contributed by atoms with Crippen LogP contribution in [0.2, 0.25) is 10.0 Å². The number of benzene rings is 2. The number of likely N-dealkylation sites (N-methyl/N-ethyl adjacent to an activating group) is 1. The van der Waals surface area contributed by atoms with Gasteiger partial charge in [0.05, 0.1) is 17.3 Å². The van der Waals surface area contributed by atoms with Gasteiger partial charge >= 0.3 is 0 Å². The van der Waals surface area contributed by atoms with Crippen molar-refractivity contribution in [2.24, 2.45) is 5.92 Å². The zero-order valence-electron chi connectivity index (χ0n) is 18.4. The summed E-state index contributed by atoms with van der Waals surface area (Å²) in [5.74, 6) is 0.106. The molecule has 2 atom stereocenters. The Morgan fingerprint density at radius 2 is 2.00 bits per heavy atom. The lowest BCUT2D eigenvalue weighted by Crippen LogP contribution is -2.57. The van der Waals surface area contributed by atoms with Gasteiger partial charge in [0.2, 0.25) is 0 Å². The molecule has 1 unspecified atom stereocenters. The highest BCUT2D eigenvalue weighted by molar-refractivity contribution is 6.31. The van der Waals surface area contributed by atoms with Crippen LogP contribution >= 0.6 is 23.2 Å². The Morgan fingerprint density at radius 1 is 1.21 bits per heavy atom. The number of halogens is 3. The first-order valence-corrected chi connectivity index (χ1v) is 11.8. The Hall–Kier alpha value is -2.71. The molecule has 0 radical (unpaired) electrons. The summed E-state index contributed by atoms with van der Waals surface area (Å²) in [6.07, 6.45) is 1.64. The molecular weight excluding hydrogens is 484 g/mol. The van der Waals surface area contributed by atoms with Crippen molar-refractivity contribution in [1.29, 1.82) is 0 Å². The van der Waals surface area contributed by atoms with Gasteiger partial charge in [-0.3, -0.25) is 9.59 Å². The number of hydrogen-bond acceptors (Lipinski definition) is 5. The molecule has 6 rings (SSSR count). The molecule has 2 aromatic carbocycles. The van der Waals surface area contributed by atoms with Crippen molar-refractivity contribution in [2.45, 2.75) is 36.9 Å². The van der Waals surface area contributed by atoms with Gasteiger partial charge in [-0.1, -0.05) is 23.2 Å². The highest BCUT2D eigenvalue weighted by atomic mass is 35.5. The van der Waals surface area contributed by atoms with Crippen LogP contribution in [0.25, 0.3) is 0 Å². The van der Waals surface area contributed by atoms with E-state index in [9.17, 15) is 14.0 Å². The van der Waals surface area contributed by atoms with E-state index in [0.717, 1.165) is 24.6 Å². The Labute approximate surface area is 206 Å². The van der Waals surface area contributed by atoms with Crippen LogP contribution in [-0.4, -0.2) is 49.7 Å². The number of amides is 2. The number of nitrogens with zero attached hydrogens (tertiary/aromatic N) is 1. The molecule has 34 heavy (non-hydrogen) atoms. The summed E-state index contributed by atoms with van der Waals surface area (Å²) in [5.41, 5.74) is 0.521. The minimum Gasteiger partial charge on any atom is -0.484 e. The first-order valence-electron chi connectivity index (χ1n) is 11.1. The number of anilines is 1. The zero-order chi connectivity index (χ0) is 24.0. The van der Waals surface area contributed by atoms with Crippen molar-refractivity contribution in [1.82, 2.24) is 10.6 Å². The maximum atomic E-state index is 13.5. The monoisotopic (exact) mass is 507 g/mol. The number of nitrogens with one attached hydrogen (secondary N) is 2. The van der Waals surface area contributed by atoms with Crippen molar-refractivity contribution in [3.05, 3.63) is 52.3 Å². The van der Waals surface area contributed by atoms with Crippen LogP contribution in [0, 0.1) is 11.7 Å². The predicted octanol–water partition coefficient (Wildman–Crippen LogP) is 3.56. The van der Waals surface area contributed by atoms with Gasteiger partial charge in [0, 0.05) is 29.7 Å². The third-order valence-electron chi connectivity index (χ3n) is 6.81. The van der Waals surface area contributed by atoms with Crippen molar-refractivity contribution in [2.75, 3.05) is 25.1 Å². The van der Waals surface area contributed by atoms with E-state index in [2.05, 4.69) is 10.6 Å². The zero-order valence-corrected chi connectivity index (χ0v) is 20.0. The molecule has 3 fully saturated rings. The summed E-state index contributed by atoms with van der Waals surface area (Å²) in [5, 5.41) is 6.76. The Balaban J connectivity index is 1.12. The first-order chi connectivity index (χ1) is 16.2. The van der Waals surface area contributed by atoms with Gasteiger partial charge in [-0.2, -0.15) is 0 Å². The molecule has 4 aliphatic rings. The molecule has 0 spiro atoms. The van der Waals surface area contributed by atoms with Crippen LogP contribution < -0.4 is 25.0 Å². The van der Waals surface area contributed by atoms with Gasteiger partial charge < -0.3 is 25.0 Å². The quantitative estimate of drug-likeness (QED) is 0.624. The fourth-order valence-corrected chi connectivity index (χ4v) is 5.46. The molecule has 2 N–H and O–H groups in total. The standard InChI is InChI=1S/C24H24Cl2FN3O4/c1-30-11-21(34-20-5-2-14(25)6-19(20)30)23(32)29-24-8-13(9-24)18(10-24)28-22(31)12-33-15-3-4-16(26)17(27)7-15/h2-7,13,18,21H,8-12H2,1H3,(H,28,31)(H,29,32)/t13?,18?,21-,24?/m0/s1. The number of carbonyl (C=O) groups excluding carboxylic acids is 2. The predicted molar refractivity (Wildman–Crippen MR) is 126 cm³/mol. The van der Waals surface area contributed by atoms with Crippen LogP contribution in [0.1, 0.15) is 19.3 Å². The summed E-state index contributed by atoms with van der Waals surface area (Å²) < 4.78 is 24.8. The van der Waals surface area contributed by atoms with Crippen molar-refractivity contribution >= 4 is 40.7 Å². The first kappa shape index (κ1) is 23.1. The second-order valence-corrected chi connectivity index (χ2v) is 10.1. The number of ether oxygens (including phenoxy) is 2. The minimum atomic E-state index is -0.631. The lowest BCUT2D eigenvalue weighted by Gasteiger charge is -2.41. The van der Waals surface area contributed by atoms with Crippen LogP contribution in [0.5, 0.6) is 11.5 Å². The summed E-state index contributed by atoms with van der Waals surface area (Å²) in [6.45, 7) is 0.191. The van der Waals surface area contributed by atoms with Gasteiger partial charge in [0.15, 0.2) is 12.7 Å². The molecule has 2 aromatic rings. The molecule has 2 amide bonds. The summed E-state index contributed by atoms with van der Waals surface area (Å²) in [6, 6.07) is 9.31. The van der Waals surface area contributed by atoms with Gasteiger partial charge in [0.25, 0.3) is 11.8 Å². The third-order valence-corrected chi connectivity index (χ3v) is 7.36. The van der Waals surface area contributed by atoms with Crippen LogP contribution in [0.3, 0.4) is 0 Å². The maximum absolute atomic E-state index is 13.5. The van der Waals surface area contributed by atoms with Crippen LogP contribution in [0.4, 0.5) is 10.1 Å². The van der Waals surface area contributed by atoms with Gasteiger partial charge in [-0.15, -0.1) is 0 Å². The van der Waals surface area contributed by atoms with E-state index < -0.39 is 11.9 Å². The number of fused-ring (bicyclic) bond motifs is 2. The Bertz CT molecular complexity index is 1140. The van der Waals surface area contributed by atoms with Crippen LogP contribution in [0.15, 0.2) is 36.4 Å². The molecule has 0 saturated heterocycles. The highest BCUT2D eigenvalue weighted by Gasteiger charge is 2.57. The highest BCUT2D eigenvalue weighted by Crippen LogP contribution is 2.52. The number of carbonyl (C=O) groups is 2. The number of hydrogen-bond donors (Lipinski definition) is 2. The molecule has 180 valence electrons. The summed E-state index contributed by atoms with van der Waals surface area (Å²) in [7, 11) is 1.90. The lowest BCUT2D eigenvalue weighted by atomic mass is 9.76. The third kappa shape index (κ3) is 4.49. The fraction of sp³-hybridized carbons (Fsp3) is 0.417. The average molecular weight is 508 g/mol. The van der Waals surface area contributed by atoms with Gasteiger partial charge in [0.1, 0.15) is 17.3 Å². The molecular formula is C24H24Cl2FN3O4. The average Bonchev–Trinajstić information content (AvgIpc) is 3.28. The summed E-state index contributed by atoms with van der Waals surface area (Å²) in [4.78, 5) is 27.3. The van der Waals surface area contributed by atoms with Gasteiger partial charge in [-0.25, -0.2) is 4.39 Å². The normalized spacial score (nSPS) is 26.7. The minimum absolute atomic E-state index is 0.00578. The van der Waals surface area contributed by atoms with E-state index >= 15 is 0 Å². The molecule has 3 aliphatic carbocycles. The lowest BCUT2D eigenvalue weighted by molar-refractivity contribution is -0.130. The van der Waals surface area contributed by atoms with E-state index in [1.165, 1.54) is 12.1 Å². The van der Waals surface area contributed by atoms with Crippen LogP contribution in [-0.2, 0) is 9.59 Å². The second kappa shape index (κ2) is 8.82. The molecule has 0 aromatic heterocycles. The van der Waals surface area contributed by atoms with Crippen molar-refractivity contribution in [3.8, 4) is 11.5 Å². The molecule has 1 aliphatic heterocycles. The van der Waals surface area contributed by atoms with E-state index in [1.54, 1.807) is 12.1 Å². The van der Waals surface area contributed by atoms with Gasteiger partial charge in [-0.05, 0) is 55.5 Å². The van der Waals surface area contributed by atoms with E-state index in [-0.39, 0.29) is 40.8 Å². The van der Waals surface area contributed by atoms with Crippen molar-refractivity contribution < 1.29 is 23.5 Å². The number of rotatable bonds is 6.